The average molecular weight is 304 g/mol. The minimum atomic E-state index is -0.172. The molecule has 1 heterocycles. The molecule has 0 unspecified atom stereocenters. The normalized spacial score (nSPS) is 10.3. The molecule has 0 radical (unpaired) electrons. The van der Waals surface area contributed by atoms with Crippen molar-refractivity contribution in [3.8, 4) is 0 Å². The largest absolute Gasteiger partial charge is 0.373 e. The summed E-state index contributed by atoms with van der Waals surface area (Å²) >= 11 is 6.07. The van der Waals surface area contributed by atoms with Crippen molar-refractivity contribution < 1.29 is 4.79 Å². The van der Waals surface area contributed by atoms with E-state index in [9.17, 15) is 4.79 Å². The SMILES string of the molecule is CCc1cc(C(=O)Nc2cccc(Cl)c2C)cc(NC)n1. The molecule has 4 nitrogen and oxygen atoms in total. The zero-order valence-electron chi connectivity index (χ0n) is 12.3. The molecule has 0 aliphatic rings. The number of nitrogens with zero attached hydrogens (tertiary/aromatic N) is 1. The summed E-state index contributed by atoms with van der Waals surface area (Å²) in [6.07, 6.45) is 0.770. The molecule has 2 rings (SSSR count). The van der Waals surface area contributed by atoms with Crippen LogP contribution in [-0.2, 0) is 6.42 Å². The van der Waals surface area contributed by atoms with Crippen LogP contribution in [0.15, 0.2) is 30.3 Å². The van der Waals surface area contributed by atoms with E-state index in [4.69, 9.17) is 11.6 Å². The molecule has 0 spiro atoms. The van der Waals surface area contributed by atoms with Gasteiger partial charge in [-0.1, -0.05) is 24.6 Å². The van der Waals surface area contributed by atoms with Gasteiger partial charge in [-0.05, 0) is 43.2 Å². The van der Waals surface area contributed by atoms with Crippen LogP contribution in [0.4, 0.5) is 11.5 Å². The number of amides is 1. The zero-order valence-corrected chi connectivity index (χ0v) is 13.1. The Morgan fingerprint density at radius 1 is 1.33 bits per heavy atom. The summed E-state index contributed by atoms with van der Waals surface area (Å²) in [6.45, 7) is 3.88. The lowest BCUT2D eigenvalue weighted by Crippen LogP contribution is -2.14. The second-order valence-electron chi connectivity index (χ2n) is 4.70. The number of carbonyl (C=O) groups is 1. The number of halogens is 1. The van der Waals surface area contributed by atoms with Crippen LogP contribution in [-0.4, -0.2) is 17.9 Å². The Hall–Kier alpha value is -2.07. The smallest absolute Gasteiger partial charge is 0.255 e. The fraction of sp³-hybridized carbons (Fsp3) is 0.250. The fourth-order valence-corrected chi connectivity index (χ4v) is 2.14. The van der Waals surface area contributed by atoms with Crippen molar-refractivity contribution in [1.29, 1.82) is 0 Å². The van der Waals surface area contributed by atoms with Gasteiger partial charge in [0.15, 0.2) is 0 Å². The molecule has 0 atom stereocenters. The van der Waals surface area contributed by atoms with E-state index in [0.717, 1.165) is 17.7 Å². The molecule has 0 bridgehead atoms. The Bertz CT molecular complexity index is 648. The number of carbonyl (C=O) groups excluding carboxylic acids is 1. The number of anilines is 2. The Balaban J connectivity index is 2.30. The quantitative estimate of drug-likeness (QED) is 0.900. The van der Waals surface area contributed by atoms with Gasteiger partial charge in [0, 0.05) is 29.0 Å². The molecule has 0 aliphatic carbocycles. The van der Waals surface area contributed by atoms with Gasteiger partial charge in [-0.3, -0.25) is 4.79 Å². The number of hydrogen-bond acceptors (Lipinski definition) is 3. The second kappa shape index (κ2) is 6.59. The second-order valence-corrected chi connectivity index (χ2v) is 5.11. The first-order valence-electron chi connectivity index (χ1n) is 6.80. The Morgan fingerprint density at radius 3 is 2.76 bits per heavy atom. The standard InChI is InChI=1S/C16H18ClN3O/c1-4-12-8-11(9-15(18-3)19-12)16(21)20-14-7-5-6-13(17)10(14)2/h5-9H,4H2,1-3H3,(H,18,19)(H,20,21). The number of hydrogen-bond donors (Lipinski definition) is 2. The molecule has 0 saturated carbocycles. The number of aromatic nitrogens is 1. The molecule has 0 aliphatic heterocycles. The van der Waals surface area contributed by atoms with Crippen molar-refractivity contribution in [2.24, 2.45) is 0 Å². The van der Waals surface area contributed by atoms with Crippen LogP contribution < -0.4 is 10.6 Å². The highest BCUT2D eigenvalue weighted by molar-refractivity contribution is 6.31. The van der Waals surface area contributed by atoms with Gasteiger partial charge in [0.1, 0.15) is 5.82 Å². The van der Waals surface area contributed by atoms with Gasteiger partial charge in [0.25, 0.3) is 5.91 Å². The average Bonchev–Trinajstić information content (AvgIpc) is 2.51. The van der Waals surface area contributed by atoms with E-state index in [1.165, 1.54) is 0 Å². The minimum absolute atomic E-state index is 0.172. The fourth-order valence-electron chi connectivity index (χ4n) is 1.97. The maximum atomic E-state index is 12.4. The van der Waals surface area contributed by atoms with E-state index >= 15 is 0 Å². The number of rotatable bonds is 4. The Morgan fingerprint density at radius 2 is 2.10 bits per heavy atom. The zero-order chi connectivity index (χ0) is 15.4. The molecule has 0 fully saturated rings. The monoisotopic (exact) mass is 303 g/mol. The first-order chi connectivity index (χ1) is 10.0. The molecule has 2 N–H and O–H groups in total. The van der Waals surface area contributed by atoms with Gasteiger partial charge < -0.3 is 10.6 Å². The van der Waals surface area contributed by atoms with E-state index in [1.807, 2.05) is 26.0 Å². The molecule has 1 amide bonds. The number of aryl methyl sites for hydroxylation is 1. The summed E-state index contributed by atoms with van der Waals surface area (Å²) in [5.41, 5.74) is 3.01. The Labute approximate surface area is 129 Å². The van der Waals surface area contributed by atoms with E-state index in [-0.39, 0.29) is 5.91 Å². The van der Waals surface area contributed by atoms with Gasteiger partial charge in [0.05, 0.1) is 0 Å². The van der Waals surface area contributed by atoms with Crippen molar-refractivity contribution in [1.82, 2.24) is 4.98 Å². The summed E-state index contributed by atoms with van der Waals surface area (Å²) in [4.78, 5) is 16.8. The number of pyridine rings is 1. The molecular formula is C16H18ClN3O. The van der Waals surface area contributed by atoms with Crippen molar-refractivity contribution in [3.63, 3.8) is 0 Å². The predicted molar refractivity (Wildman–Crippen MR) is 87.3 cm³/mol. The molecule has 5 heteroatoms. The van der Waals surface area contributed by atoms with Crippen LogP contribution in [0.3, 0.4) is 0 Å². The summed E-state index contributed by atoms with van der Waals surface area (Å²) in [5, 5.41) is 6.49. The lowest BCUT2D eigenvalue weighted by Gasteiger charge is -2.11. The first-order valence-corrected chi connectivity index (χ1v) is 7.18. The lowest BCUT2D eigenvalue weighted by molar-refractivity contribution is 0.102. The molecule has 2 aromatic rings. The maximum Gasteiger partial charge on any atom is 0.255 e. The summed E-state index contributed by atoms with van der Waals surface area (Å²) in [7, 11) is 1.78. The van der Waals surface area contributed by atoms with Gasteiger partial charge in [-0.25, -0.2) is 4.98 Å². The highest BCUT2D eigenvalue weighted by Crippen LogP contribution is 2.23. The third kappa shape index (κ3) is 3.52. The van der Waals surface area contributed by atoms with Crippen LogP contribution in [0.25, 0.3) is 0 Å². The number of nitrogens with one attached hydrogen (secondary N) is 2. The van der Waals surface area contributed by atoms with E-state index in [1.54, 1.807) is 25.2 Å². The highest BCUT2D eigenvalue weighted by atomic mass is 35.5. The molecule has 110 valence electrons. The third-order valence-corrected chi connectivity index (χ3v) is 3.68. The van der Waals surface area contributed by atoms with Crippen LogP contribution >= 0.6 is 11.6 Å². The van der Waals surface area contributed by atoms with Gasteiger partial charge in [0.2, 0.25) is 0 Å². The van der Waals surface area contributed by atoms with Crippen LogP contribution in [0.2, 0.25) is 5.02 Å². The van der Waals surface area contributed by atoms with Gasteiger partial charge >= 0.3 is 0 Å². The van der Waals surface area contributed by atoms with E-state index in [2.05, 4.69) is 15.6 Å². The van der Waals surface area contributed by atoms with E-state index in [0.29, 0.717) is 22.1 Å². The summed E-state index contributed by atoms with van der Waals surface area (Å²) in [5.74, 6) is 0.510. The molecule has 1 aromatic carbocycles. The van der Waals surface area contributed by atoms with Crippen LogP contribution in [0.1, 0.15) is 28.5 Å². The first kappa shape index (κ1) is 15.3. The third-order valence-electron chi connectivity index (χ3n) is 3.27. The topological polar surface area (TPSA) is 54.0 Å². The van der Waals surface area contributed by atoms with Crippen molar-refractivity contribution in [2.75, 3.05) is 17.7 Å². The lowest BCUT2D eigenvalue weighted by atomic mass is 10.1. The Kier molecular flexibility index (Phi) is 4.81. The van der Waals surface area contributed by atoms with Crippen LogP contribution in [0, 0.1) is 6.92 Å². The molecule has 21 heavy (non-hydrogen) atoms. The number of benzene rings is 1. The van der Waals surface area contributed by atoms with Gasteiger partial charge in [-0.15, -0.1) is 0 Å². The van der Waals surface area contributed by atoms with E-state index < -0.39 is 0 Å². The minimum Gasteiger partial charge on any atom is -0.373 e. The molecule has 0 saturated heterocycles. The molecular weight excluding hydrogens is 286 g/mol. The predicted octanol–water partition coefficient (Wildman–Crippen LogP) is 3.90. The van der Waals surface area contributed by atoms with Crippen LogP contribution in [0.5, 0.6) is 0 Å². The summed E-state index contributed by atoms with van der Waals surface area (Å²) in [6, 6.07) is 8.98. The van der Waals surface area contributed by atoms with Crippen molar-refractivity contribution in [2.45, 2.75) is 20.3 Å². The summed E-state index contributed by atoms with van der Waals surface area (Å²) < 4.78 is 0. The maximum absolute atomic E-state index is 12.4. The van der Waals surface area contributed by atoms with Crippen molar-refractivity contribution in [3.05, 3.63) is 52.2 Å². The van der Waals surface area contributed by atoms with Crippen molar-refractivity contribution >= 4 is 29.0 Å². The highest BCUT2D eigenvalue weighted by Gasteiger charge is 2.11. The molecule has 1 aromatic heterocycles. The van der Waals surface area contributed by atoms with Gasteiger partial charge in [-0.2, -0.15) is 0 Å².